The molecule has 1 saturated carbocycles. The van der Waals surface area contributed by atoms with E-state index >= 15 is 0 Å². The van der Waals surface area contributed by atoms with E-state index in [4.69, 9.17) is 5.73 Å². The Hall–Kier alpha value is -0.930. The Bertz CT molecular complexity index is 382. The van der Waals surface area contributed by atoms with E-state index in [1.165, 1.54) is 50.7 Å². The molecule has 0 amide bonds. The van der Waals surface area contributed by atoms with Gasteiger partial charge in [0.2, 0.25) is 0 Å². The van der Waals surface area contributed by atoms with E-state index in [-0.39, 0.29) is 5.82 Å². The fourth-order valence-electron chi connectivity index (χ4n) is 3.42. The second-order valence-corrected chi connectivity index (χ2v) is 6.10. The molecule has 0 saturated heterocycles. The van der Waals surface area contributed by atoms with E-state index in [2.05, 4.69) is 11.9 Å². The molecule has 0 aliphatic heterocycles. The summed E-state index contributed by atoms with van der Waals surface area (Å²) in [5.41, 5.74) is 7.19. The second-order valence-electron chi connectivity index (χ2n) is 6.10. The highest BCUT2D eigenvalue weighted by Crippen LogP contribution is 2.28. The normalized spacial score (nSPS) is 19.0. The summed E-state index contributed by atoms with van der Waals surface area (Å²) in [7, 11) is 2.14. The van der Waals surface area contributed by atoms with Crippen molar-refractivity contribution >= 4 is 0 Å². The maximum absolute atomic E-state index is 13.0. The van der Waals surface area contributed by atoms with Gasteiger partial charge in [-0.3, -0.25) is 4.90 Å². The van der Waals surface area contributed by atoms with Crippen LogP contribution in [0.5, 0.6) is 0 Å². The molecule has 1 fully saturated rings. The predicted molar refractivity (Wildman–Crippen MR) is 81.9 cm³/mol. The first-order chi connectivity index (χ1) is 9.70. The minimum Gasteiger partial charge on any atom is -0.329 e. The Kier molecular flexibility index (Phi) is 5.99. The van der Waals surface area contributed by atoms with Gasteiger partial charge in [0.15, 0.2) is 0 Å². The average Bonchev–Trinajstić information content (AvgIpc) is 2.71. The lowest BCUT2D eigenvalue weighted by Gasteiger charge is -2.33. The molecule has 2 rings (SSSR count). The first kappa shape index (κ1) is 15.5. The monoisotopic (exact) mass is 278 g/mol. The highest BCUT2D eigenvalue weighted by atomic mass is 19.1. The Balaban J connectivity index is 1.96. The van der Waals surface area contributed by atoms with E-state index in [1.807, 2.05) is 12.1 Å². The van der Waals surface area contributed by atoms with Gasteiger partial charge in [0.05, 0.1) is 0 Å². The van der Waals surface area contributed by atoms with Crippen molar-refractivity contribution < 1.29 is 4.39 Å². The van der Waals surface area contributed by atoms with Crippen molar-refractivity contribution in [2.24, 2.45) is 11.7 Å². The van der Waals surface area contributed by atoms with Gasteiger partial charge in [0.25, 0.3) is 0 Å². The van der Waals surface area contributed by atoms with Crippen LogP contribution in [0, 0.1) is 11.7 Å². The van der Waals surface area contributed by atoms with Crippen molar-refractivity contribution in [1.29, 1.82) is 0 Å². The van der Waals surface area contributed by atoms with E-state index in [9.17, 15) is 4.39 Å². The number of halogens is 1. The number of hydrogen-bond donors (Lipinski definition) is 1. The maximum Gasteiger partial charge on any atom is 0.123 e. The lowest BCUT2D eigenvalue weighted by atomic mass is 9.90. The van der Waals surface area contributed by atoms with E-state index < -0.39 is 0 Å². The van der Waals surface area contributed by atoms with Crippen LogP contribution in [0.4, 0.5) is 4.39 Å². The van der Waals surface area contributed by atoms with Gasteiger partial charge in [0, 0.05) is 19.1 Å². The topological polar surface area (TPSA) is 29.3 Å². The SMILES string of the molecule is CN(Cc1ccc(F)cc1)C(CN)C1CCCCCC1. The zero-order valence-electron chi connectivity index (χ0n) is 12.5. The van der Waals surface area contributed by atoms with Crippen molar-refractivity contribution in [3.8, 4) is 0 Å². The Morgan fingerprint density at radius 3 is 2.30 bits per heavy atom. The number of nitrogens with two attached hydrogens (primary N) is 1. The van der Waals surface area contributed by atoms with Gasteiger partial charge in [-0.05, 0) is 43.5 Å². The molecule has 1 aliphatic rings. The number of likely N-dealkylation sites (N-methyl/N-ethyl adjacent to an activating group) is 1. The number of nitrogens with zero attached hydrogens (tertiary/aromatic N) is 1. The molecule has 1 aliphatic carbocycles. The summed E-state index contributed by atoms with van der Waals surface area (Å²) in [5, 5.41) is 0. The first-order valence-electron chi connectivity index (χ1n) is 7.85. The van der Waals surface area contributed by atoms with E-state index in [1.54, 1.807) is 0 Å². The van der Waals surface area contributed by atoms with Crippen LogP contribution in [0.15, 0.2) is 24.3 Å². The molecule has 112 valence electrons. The molecule has 2 nitrogen and oxygen atoms in total. The molecule has 1 aromatic rings. The first-order valence-corrected chi connectivity index (χ1v) is 7.85. The number of benzene rings is 1. The average molecular weight is 278 g/mol. The van der Waals surface area contributed by atoms with Crippen LogP contribution >= 0.6 is 0 Å². The fraction of sp³-hybridized carbons (Fsp3) is 0.647. The van der Waals surface area contributed by atoms with Crippen molar-refractivity contribution in [3.05, 3.63) is 35.6 Å². The summed E-state index contributed by atoms with van der Waals surface area (Å²) in [6.07, 6.45) is 8.02. The molecular weight excluding hydrogens is 251 g/mol. The van der Waals surface area contributed by atoms with Crippen LogP contribution in [0.1, 0.15) is 44.1 Å². The third kappa shape index (κ3) is 4.29. The quantitative estimate of drug-likeness (QED) is 0.835. The van der Waals surface area contributed by atoms with Gasteiger partial charge in [-0.1, -0.05) is 37.8 Å². The molecule has 2 N–H and O–H groups in total. The summed E-state index contributed by atoms with van der Waals surface area (Å²) in [5.74, 6) is 0.545. The standard InChI is InChI=1S/C17H27FN2/c1-20(13-14-8-10-16(18)11-9-14)17(12-19)15-6-4-2-3-5-7-15/h8-11,15,17H,2-7,12-13,19H2,1H3. The molecular formula is C17H27FN2. The van der Waals surface area contributed by atoms with Crippen molar-refractivity contribution in [1.82, 2.24) is 4.90 Å². The maximum atomic E-state index is 13.0. The summed E-state index contributed by atoms with van der Waals surface area (Å²) in [6, 6.07) is 7.25. The molecule has 20 heavy (non-hydrogen) atoms. The molecule has 0 bridgehead atoms. The van der Waals surface area contributed by atoms with Crippen LogP contribution < -0.4 is 5.73 Å². The van der Waals surface area contributed by atoms with E-state index in [0.717, 1.165) is 12.1 Å². The van der Waals surface area contributed by atoms with Crippen LogP contribution in [0.25, 0.3) is 0 Å². The Morgan fingerprint density at radius 1 is 1.15 bits per heavy atom. The number of hydrogen-bond acceptors (Lipinski definition) is 2. The zero-order chi connectivity index (χ0) is 14.4. The van der Waals surface area contributed by atoms with Gasteiger partial charge in [-0.2, -0.15) is 0 Å². The number of rotatable bonds is 5. The molecule has 1 unspecified atom stereocenters. The highest BCUT2D eigenvalue weighted by Gasteiger charge is 2.24. The van der Waals surface area contributed by atoms with Crippen LogP contribution in [0.2, 0.25) is 0 Å². The summed E-state index contributed by atoms with van der Waals surface area (Å²) in [6.45, 7) is 1.56. The molecule has 0 heterocycles. The highest BCUT2D eigenvalue weighted by molar-refractivity contribution is 5.16. The Morgan fingerprint density at radius 2 is 1.75 bits per heavy atom. The molecule has 0 spiro atoms. The zero-order valence-corrected chi connectivity index (χ0v) is 12.5. The largest absolute Gasteiger partial charge is 0.329 e. The van der Waals surface area contributed by atoms with Gasteiger partial charge < -0.3 is 5.73 Å². The predicted octanol–water partition coefficient (Wildman–Crippen LogP) is 3.56. The fourth-order valence-corrected chi connectivity index (χ4v) is 3.42. The minimum absolute atomic E-state index is 0.171. The molecule has 1 atom stereocenters. The van der Waals surface area contributed by atoms with Crippen LogP contribution in [-0.4, -0.2) is 24.5 Å². The van der Waals surface area contributed by atoms with Gasteiger partial charge in [0.1, 0.15) is 5.82 Å². The van der Waals surface area contributed by atoms with Crippen molar-refractivity contribution in [2.75, 3.05) is 13.6 Å². The lowest BCUT2D eigenvalue weighted by Crippen LogP contribution is -2.43. The molecule has 0 aromatic heterocycles. The summed E-state index contributed by atoms with van der Waals surface area (Å²) in [4.78, 5) is 2.35. The third-order valence-electron chi connectivity index (χ3n) is 4.60. The smallest absolute Gasteiger partial charge is 0.123 e. The van der Waals surface area contributed by atoms with E-state index in [0.29, 0.717) is 18.5 Å². The third-order valence-corrected chi connectivity index (χ3v) is 4.60. The van der Waals surface area contributed by atoms with Crippen molar-refractivity contribution in [2.45, 2.75) is 51.1 Å². The minimum atomic E-state index is -0.171. The summed E-state index contributed by atoms with van der Waals surface area (Å²) >= 11 is 0. The Labute approximate surface area is 122 Å². The second kappa shape index (κ2) is 7.75. The molecule has 1 aromatic carbocycles. The van der Waals surface area contributed by atoms with Crippen LogP contribution in [-0.2, 0) is 6.54 Å². The van der Waals surface area contributed by atoms with Gasteiger partial charge in [-0.15, -0.1) is 0 Å². The van der Waals surface area contributed by atoms with Crippen LogP contribution in [0.3, 0.4) is 0 Å². The van der Waals surface area contributed by atoms with Gasteiger partial charge in [-0.25, -0.2) is 4.39 Å². The molecule has 0 radical (unpaired) electrons. The summed E-state index contributed by atoms with van der Waals surface area (Å²) < 4.78 is 13.0. The molecule has 3 heteroatoms. The van der Waals surface area contributed by atoms with Crippen molar-refractivity contribution in [3.63, 3.8) is 0 Å². The van der Waals surface area contributed by atoms with Gasteiger partial charge >= 0.3 is 0 Å². The lowest BCUT2D eigenvalue weighted by molar-refractivity contribution is 0.160.